The number of nitrogens with one attached hydrogen (secondary N) is 1. The van der Waals surface area contributed by atoms with Gasteiger partial charge in [0.25, 0.3) is 0 Å². The van der Waals surface area contributed by atoms with Crippen LogP contribution in [-0.4, -0.2) is 23.9 Å². The molecule has 0 amide bonds. The van der Waals surface area contributed by atoms with Gasteiger partial charge in [-0.05, 0) is 39.2 Å². The van der Waals surface area contributed by atoms with Crippen LogP contribution in [-0.2, 0) is 0 Å². The average molecular weight is 285 g/mol. The molecule has 2 N–H and O–H groups in total. The van der Waals surface area contributed by atoms with Crippen molar-refractivity contribution in [2.75, 3.05) is 6.54 Å². The molecule has 0 radical (unpaired) electrons. The minimum atomic E-state index is -2.83. The standard InChI is InChI=1S/C15H21F2NO2/c1-10-4-5-13(20-14(16)17)12(8-10)11(2)18-9-15(19)6-3-7-15/h4-5,8,11,14,18-19H,3,6-7,9H2,1-2H3. The van der Waals surface area contributed by atoms with Crippen molar-refractivity contribution in [2.45, 2.75) is 51.4 Å². The number of aryl methyl sites for hydroxylation is 1. The van der Waals surface area contributed by atoms with Crippen molar-refractivity contribution in [3.63, 3.8) is 0 Å². The Bertz CT molecular complexity index is 461. The molecule has 1 aliphatic rings. The van der Waals surface area contributed by atoms with Gasteiger partial charge in [-0.3, -0.25) is 0 Å². The Kier molecular flexibility index (Phi) is 4.60. The fraction of sp³-hybridized carbons (Fsp3) is 0.600. The highest BCUT2D eigenvalue weighted by atomic mass is 19.3. The summed E-state index contributed by atoms with van der Waals surface area (Å²) in [5.41, 5.74) is 1.03. The number of rotatable bonds is 6. The van der Waals surface area contributed by atoms with Crippen molar-refractivity contribution >= 4 is 0 Å². The molecule has 20 heavy (non-hydrogen) atoms. The monoisotopic (exact) mass is 285 g/mol. The number of halogens is 2. The number of benzene rings is 1. The van der Waals surface area contributed by atoms with Gasteiger partial charge >= 0.3 is 6.61 Å². The van der Waals surface area contributed by atoms with E-state index in [1.54, 1.807) is 12.1 Å². The molecular weight excluding hydrogens is 264 g/mol. The summed E-state index contributed by atoms with van der Waals surface area (Å²) < 4.78 is 29.4. The molecule has 1 unspecified atom stereocenters. The Hall–Kier alpha value is -1.20. The highest BCUT2D eigenvalue weighted by molar-refractivity contribution is 5.39. The Labute approximate surface area is 117 Å². The third-order valence-corrected chi connectivity index (χ3v) is 3.87. The summed E-state index contributed by atoms with van der Waals surface area (Å²) in [5, 5.41) is 13.3. The molecule has 5 heteroatoms. The SMILES string of the molecule is Cc1ccc(OC(F)F)c(C(C)NCC2(O)CCC2)c1. The highest BCUT2D eigenvalue weighted by Crippen LogP contribution is 2.32. The van der Waals surface area contributed by atoms with Crippen LogP contribution in [0.3, 0.4) is 0 Å². The second kappa shape index (κ2) is 6.06. The molecule has 0 saturated heterocycles. The van der Waals surface area contributed by atoms with Gasteiger partial charge in [-0.25, -0.2) is 0 Å². The maximum atomic E-state index is 12.4. The van der Waals surface area contributed by atoms with Gasteiger partial charge in [0.2, 0.25) is 0 Å². The maximum Gasteiger partial charge on any atom is 0.387 e. The second-order valence-corrected chi connectivity index (χ2v) is 5.60. The molecule has 1 aromatic rings. The summed E-state index contributed by atoms with van der Waals surface area (Å²) >= 11 is 0. The number of hydrogen-bond donors (Lipinski definition) is 2. The smallest absolute Gasteiger partial charge is 0.387 e. The zero-order valence-electron chi connectivity index (χ0n) is 11.8. The lowest BCUT2D eigenvalue weighted by Crippen LogP contribution is -2.46. The number of aliphatic hydroxyl groups is 1. The molecule has 1 aliphatic carbocycles. The van der Waals surface area contributed by atoms with Crippen LogP contribution in [0.1, 0.15) is 43.4 Å². The third-order valence-electron chi connectivity index (χ3n) is 3.87. The van der Waals surface area contributed by atoms with Gasteiger partial charge in [-0.15, -0.1) is 0 Å². The molecule has 1 saturated carbocycles. The molecule has 1 atom stereocenters. The van der Waals surface area contributed by atoms with Crippen molar-refractivity contribution < 1.29 is 18.6 Å². The summed E-state index contributed by atoms with van der Waals surface area (Å²) in [6.07, 6.45) is 2.62. The molecule has 0 heterocycles. The first kappa shape index (κ1) is 15.2. The second-order valence-electron chi connectivity index (χ2n) is 5.60. The van der Waals surface area contributed by atoms with Crippen molar-refractivity contribution in [3.05, 3.63) is 29.3 Å². The summed E-state index contributed by atoms with van der Waals surface area (Å²) in [6, 6.07) is 4.98. The zero-order valence-corrected chi connectivity index (χ0v) is 11.8. The average Bonchev–Trinajstić information content (AvgIpc) is 2.35. The van der Waals surface area contributed by atoms with Crippen LogP contribution < -0.4 is 10.1 Å². The van der Waals surface area contributed by atoms with Crippen LogP contribution in [0.25, 0.3) is 0 Å². The molecule has 1 aromatic carbocycles. The first-order valence-electron chi connectivity index (χ1n) is 6.91. The van der Waals surface area contributed by atoms with E-state index in [-0.39, 0.29) is 11.8 Å². The van der Waals surface area contributed by atoms with Crippen LogP contribution in [0.5, 0.6) is 5.75 Å². The van der Waals surface area contributed by atoms with Crippen LogP contribution in [0.15, 0.2) is 18.2 Å². The van der Waals surface area contributed by atoms with E-state index in [1.807, 2.05) is 19.9 Å². The molecule has 0 aromatic heterocycles. The van der Waals surface area contributed by atoms with E-state index in [2.05, 4.69) is 10.1 Å². The topological polar surface area (TPSA) is 41.5 Å². The van der Waals surface area contributed by atoms with Gasteiger partial charge in [0.1, 0.15) is 5.75 Å². The van der Waals surface area contributed by atoms with Gasteiger partial charge in [-0.1, -0.05) is 17.7 Å². The van der Waals surface area contributed by atoms with E-state index in [4.69, 9.17) is 0 Å². The number of ether oxygens (including phenoxy) is 1. The van der Waals surface area contributed by atoms with E-state index >= 15 is 0 Å². The number of hydrogen-bond acceptors (Lipinski definition) is 3. The summed E-state index contributed by atoms with van der Waals surface area (Å²) in [5.74, 6) is 0.186. The normalized spacial score (nSPS) is 18.7. The summed E-state index contributed by atoms with van der Waals surface area (Å²) in [6.45, 7) is 1.42. The highest BCUT2D eigenvalue weighted by Gasteiger charge is 2.34. The lowest BCUT2D eigenvalue weighted by molar-refractivity contribution is -0.0512. The van der Waals surface area contributed by atoms with Crippen LogP contribution in [0, 0.1) is 6.92 Å². The fourth-order valence-electron chi connectivity index (χ4n) is 2.42. The summed E-state index contributed by atoms with van der Waals surface area (Å²) in [7, 11) is 0. The Morgan fingerprint density at radius 2 is 2.10 bits per heavy atom. The van der Waals surface area contributed by atoms with Crippen molar-refractivity contribution in [1.29, 1.82) is 0 Å². The molecule has 1 fully saturated rings. The third kappa shape index (κ3) is 3.67. The first-order valence-corrected chi connectivity index (χ1v) is 6.91. The predicted octanol–water partition coefficient (Wildman–Crippen LogP) is 3.16. The summed E-state index contributed by atoms with van der Waals surface area (Å²) in [4.78, 5) is 0. The van der Waals surface area contributed by atoms with Crippen LogP contribution >= 0.6 is 0 Å². The van der Waals surface area contributed by atoms with E-state index in [0.29, 0.717) is 12.1 Å². The molecular formula is C15H21F2NO2. The first-order chi connectivity index (χ1) is 9.39. The van der Waals surface area contributed by atoms with Gasteiger partial charge < -0.3 is 15.2 Å². The van der Waals surface area contributed by atoms with Crippen molar-refractivity contribution in [1.82, 2.24) is 5.32 Å². The fourth-order valence-corrected chi connectivity index (χ4v) is 2.42. The van der Waals surface area contributed by atoms with Crippen LogP contribution in [0.2, 0.25) is 0 Å². The minimum Gasteiger partial charge on any atom is -0.434 e. The molecule has 0 bridgehead atoms. The predicted molar refractivity (Wildman–Crippen MR) is 73.0 cm³/mol. The quantitative estimate of drug-likeness (QED) is 0.843. The molecule has 2 rings (SSSR count). The Morgan fingerprint density at radius 3 is 2.65 bits per heavy atom. The lowest BCUT2D eigenvalue weighted by atomic mass is 9.80. The van der Waals surface area contributed by atoms with Gasteiger partial charge in [0.15, 0.2) is 0 Å². The van der Waals surface area contributed by atoms with Crippen molar-refractivity contribution in [2.24, 2.45) is 0 Å². The minimum absolute atomic E-state index is 0.159. The van der Waals surface area contributed by atoms with Gasteiger partial charge in [0.05, 0.1) is 5.60 Å². The van der Waals surface area contributed by atoms with E-state index < -0.39 is 12.2 Å². The lowest BCUT2D eigenvalue weighted by Gasteiger charge is -2.37. The van der Waals surface area contributed by atoms with Crippen LogP contribution in [0.4, 0.5) is 8.78 Å². The van der Waals surface area contributed by atoms with E-state index in [1.165, 1.54) is 0 Å². The number of alkyl halides is 2. The zero-order chi connectivity index (χ0) is 14.8. The van der Waals surface area contributed by atoms with Gasteiger partial charge in [0, 0.05) is 18.2 Å². The molecule has 112 valence electrons. The molecule has 0 spiro atoms. The Balaban J connectivity index is 2.06. The molecule has 0 aliphatic heterocycles. The van der Waals surface area contributed by atoms with E-state index in [9.17, 15) is 13.9 Å². The van der Waals surface area contributed by atoms with E-state index in [0.717, 1.165) is 24.8 Å². The maximum absolute atomic E-state index is 12.4. The van der Waals surface area contributed by atoms with Gasteiger partial charge in [-0.2, -0.15) is 8.78 Å². The Morgan fingerprint density at radius 1 is 1.40 bits per heavy atom. The largest absolute Gasteiger partial charge is 0.434 e. The molecule has 3 nitrogen and oxygen atoms in total. The van der Waals surface area contributed by atoms with Crippen molar-refractivity contribution in [3.8, 4) is 5.75 Å².